The number of amides is 1. The van der Waals surface area contributed by atoms with E-state index in [1.54, 1.807) is 18.2 Å². The second-order valence-corrected chi connectivity index (χ2v) is 7.46. The topological polar surface area (TPSA) is 87.3 Å². The van der Waals surface area contributed by atoms with Gasteiger partial charge in [0.25, 0.3) is 15.9 Å². The van der Waals surface area contributed by atoms with Gasteiger partial charge in [0.1, 0.15) is 5.82 Å². The molecule has 0 saturated heterocycles. The second kappa shape index (κ2) is 8.77. The number of hydrogen-bond acceptors (Lipinski definition) is 4. The number of halogens is 1. The molecule has 0 saturated carbocycles. The highest BCUT2D eigenvalue weighted by molar-refractivity contribution is 7.92. The van der Waals surface area contributed by atoms with Crippen LogP contribution in [0.15, 0.2) is 47.4 Å². The van der Waals surface area contributed by atoms with Crippen LogP contribution < -0.4 is 15.4 Å². The number of para-hydroxylation sites is 1. The summed E-state index contributed by atoms with van der Waals surface area (Å²) in [6.45, 7) is 2.72. The lowest BCUT2D eigenvalue weighted by molar-refractivity contribution is 0.0954. The zero-order valence-electron chi connectivity index (χ0n) is 14.7. The molecule has 0 aromatic heterocycles. The smallest absolute Gasteiger partial charge is 0.261 e. The number of aryl methyl sites for hydroxylation is 1. The molecule has 0 aliphatic carbocycles. The molecule has 8 heteroatoms. The van der Waals surface area contributed by atoms with E-state index in [-0.39, 0.29) is 27.6 Å². The van der Waals surface area contributed by atoms with Crippen LogP contribution in [0.2, 0.25) is 0 Å². The number of carbonyl (C=O) groups is 1. The average molecular weight is 379 g/mol. The van der Waals surface area contributed by atoms with Crippen LogP contribution in [0.4, 0.5) is 10.1 Å². The van der Waals surface area contributed by atoms with Crippen molar-refractivity contribution in [3.8, 4) is 0 Å². The molecule has 2 aromatic rings. The predicted molar refractivity (Wildman–Crippen MR) is 99.3 cm³/mol. The first-order chi connectivity index (χ1) is 12.3. The van der Waals surface area contributed by atoms with Crippen molar-refractivity contribution in [1.82, 2.24) is 10.6 Å². The van der Waals surface area contributed by atoms with Gasteiger partial charge in [-0.1, -0.05) is 12.1 Å². The molecule has 140 valence electrons. The van der Waals surface area contributed by atoms with Gasteiger partial charge in [0.15, 0.2) is 0 Å². The van der Waals surface area contributed by atoms with Crippen LogP contribution >= 0.6 is 0 Å². The van der Waals surface area contributed by atoms with Crippen molar-refractivity contribution in [3.05, 3.63) is 59.4 Å². The van der Waals surface area contributed by atoms with Gasteiger partial charge in [-0.2, -0.15) is 0 Å². The van der Waals surface area contributed by atoms with Crippen molar-refractivity contribution in [2.75, 3.05) is 24.9 Å². The van der Waals surface area contributed by atoms with Crippen molar-refractivity contribution >= 4 is 21.6 Å². The molecule has 1 amide bonds. The third-order valence-corrected chi connectivity index (χ3v) is 5.11. The molecule has 0 fully saturated rings. The van der Waals surface area contributed by atoms with Crippen LogP contribution in [-0.4, -0.2) is 34.5 Å². The molecular weight excluding hydrogens is 357 g/mol. The fraction of sp³-hybridized carbons (Fsp3) is 0.278. The zero-order valence-corrected chi connectivity index (χ0v) is 15.5. The van der Waals surface area contributed by atoms with E-state index in [0.29, 0.717) is 6.54 Å². The number of sulfonamides is 1. The second-order valence-electron chi connectivity index (χ2n) is 5.78. The number of anilines is 1. The van der Waals surface area contributed by atoms with Gasteiger partial charge in [-0.3, -0.25) is 9.52 Å². The number of benzene rings is 2. The zero-order chi connectivity index (χ0) is 19.2. The molecule has 0 aliphatic rings. The van der Waals surface area contributed by atoms with E-state index in [0.717, 1.165) is 19.0 Å². The van der Waals surface area contributed by atoms with Gasteiger partial charge < -0.3 is 10.6 Å². The van der Waals surface area contributed by atoms with Gasteiger partial charge in [-0.15, -0.1) is 0 Å². The fourth-order valence-corrected chi connectivity index (χ4v) is 3.48. The highest BCUT2D eigenvalue weighted by Gasteiger charge is 2.19. The van der Waals surface area contributed by atoms with Gasteiger partial charge in [-0.25, -0.2) is 12.8 Å². The van der Waals surface area contributed by atoms with E-state index < -0.39 is 15.8 Å². The summed E-state index contributed by atoms with van der Waals surface area (Å²) in [7, 11) is -2.12. The number of rotatable bonds is 8. The Morgan fingerprint density at radius 2 is 1.85 bits per heavy atom. The lowest BCUT2D eigenvalue weighted by atomic mass is 10.1. The van der Waals surface area contributed by atoms with Crippen molar-refractivity contribution < 1.29 is 17.6 Å². The quantitative estimate of drug-likeness (QED) is 0.614. The Morgan fingerprint density at radius 1 is 1.12 bits per heavy atom. The molecule has 3 N–H and O–H groups in total. The van der Waals surface area contributed by atoms with E-state index in [4.69, 9.17) is 0 Å². The largest absolute Gasteiger partial charge is 0.352 e. The summed E-state index contributed by atoms with van der Waals surface area (Å²) in [5, 5.41) is 5.73. The van der Waals surface area contributed by atoms with Crippen LogP contribution in [0.1, 0.15) is 22.3 Å². The Balaban J connectivity index is 2.21. The SMILES string of the molecule is CNCCCNC(=O)c1ccccc1NS(=O)(=O)c1ccc(F)c(C)c1. The van der Waals surface area contributed by atoms with Crippen molar-refractivity contribution in [2.24, 2.45) is 0 Å². The minimum absolute atomic E-state index is 0.0689. The van der Waals surface area contributed by atoms with Gasteiger partial charge in [0.05, 0.1) is 16.1 Å². The predicted octanol–water partition coefficient (Wildman–Crippen LogP) is 2.27. The van der Waals surface area contributed by atoms with Gasteiger partial charge in [0, 0.05) is 6.54 Å². The summed E-state index contributed by atoms with van der Waals surface area (Å²) in [5.41, 5.74) is 0.614. The first-order valence-electron chi connectivity index (χ1n) is 8.16. The first-order valence-corrected chi connectivity index (χ1v) is 9.64. The standard InChI is InChI=1S/C18H22FN3O3S/c1-13-12-14(8-9-16(13)19)26(24,25)22-17-7-4-3-6-15(17)18(23)21-11-5-10-20-2/h3-4,6-9,12,20,22H,5,10-11H2,1-2H3,(H,21,23). The molecule has 26 heavy (non-hydrogen) atoms. The summed E-state index contributed by atoms with van der Waals surface area (Å²) >= 11 is 0. The molecule has 0 aliphatic heterocycles. The Morgan fingerprint density at radius 3 is 2.54 bits per heavy atom. The summed E-state index contributed by atoms with van der Waals surface area (Å²) < 4.78 is 40.9. The van der Waals surface area contributed by atoms with Crippen LogP contribution in [0.25, 0.3) is 0 Å². The third-order valence-electron chi connectivity index (χ3n) is 3.74. The van der Waals surface area contributed by atoms with Gasteiger partial charge in [-0.05, 0) is 62.8 Å². The Labute approximate surface area is 152 Å². The van der Waals surface area contributed by atoms with E-state index in [1.807, 2.05) is 7.05 Å². The maximum Gasteiger partial charge on any atom is 0.261 e. The lowest BCUT2D eigenvalue weighted by Gasteiger charge is -2.13. The average Bonchev–Trinajstić information content (AvgIpc) is 2.61. The van der Waals surface area contributed by atoms with Gasteiger partial charge >= 0.3 is 0 Å². The first kappa shape index (κ1) is 19.9. The van der Waals surface area contributed by atoms with Crippen LogP contribution in [-0.2, 0) is 10.0 Å². The maximum absolute atomic E-state index is 13.4. The molecule has 0 heterocycles. The number of nitrogens with one attached hydrogen (secondary N) is 3. The molecule has 0 bridgehead atoms. The van der Waals surface area contributed by atoms with E-state index in [1.165, 1.54) is 25.1 Å². The monoisotopic (exact) mass is 379 g/mol. The summed E-state index contributed by atoms with van der Waals surface area (Å²) in [5.74, 6) is -0.847. The van der Waals surface area contributed by atoms with Crippen LogP contribution in [0, 0.1) is 12.7 Å². The Bertz CT molecular complexity index is 885. The normalized spacial score (nSPS) is 11.2. The minimum Gasteiger partial charge on any atom is -0.352 e. The maximum atomic E-state index is 13.4. The lowest BCUT2D eigenvalue weighted by Crippen LogP contribution is -2.27. The summed E-state index contributed by atoms with van der Waals surface area (Å²) in [6.07, 6.45) is 0.755. The van der Waals surface area contributed by atoms with Crippen molar-refractivity contribution in [1.29, 1.82) is 0 Å². The molecular formula is C18H22FN3O3S. The molecule has 0 unspecified atom stereocenters. The molecule has 6 nitrogen and oxygen atoms in total. The Kier molecular flexibility index (Phi) is 6.70. The van der Waals surface area contributed by atoms with E-state index in [2.05, 4.69) is 15.4 Å². The fourth-order valence-electron chi connectivity index (χ4n) is 2.32. The van der Waals surface area contributed by atoms with Crippen LogP contribution in [0.3, 0.4) is 0 Å². The summed E-state index contributed by atoms with van der Waals surface area (Å²) in [6, 6.07) is 9.87. The molecule has 0 atom stereocenters. The van der Waals surface area contributed by atoms with Crippen molar-refractivity contribution in [3.63, 3.8) is 0 Å². The minimum atomic E-state index is -3.94. The highest BCUT2D eigenvalue weighted by Crippen LogP contribution is 2.21. The van der Waals surface area contributed by atoms with Crippen LogP contribution in [0.5, 0.6) is 0 Å². The van der Waals surface area contributed by atoms with Crippen molar-refractivity contribution in [2.45, 2.75) is 18.2 Å². The van der Waals surface area contributed by atoms with Gasteiger partial charge in [0.2, 0.25) is 0 Å². The van der Waals surface area contributed by atoms with E-state index >= 15 is 0 Å². The molecule has 0 radical (unpaired) electrons. The molecule has 2 aromatic carbocycles. The summed E-state index contributed by atoms with van der Waals surface area (Å²) in [4.78, 5) is 12.3. The molecule has 0 spiro atoms. The third kappa shape index (κ3) is 5.03. The number of hydrogen-bond donors (Lipinski definition) is 3. The van der Waals surface area contributed by atoms with E-state index in [9.17, 15) is 17.6 Å². The Hall–Kier alpha value is -2.45. The highest BCUT2D eigenvalue weighted by atomic mass is 32.2. The number of carbonyl (C=O) groups excluding carboxylic acids is 1. The molecule has 2 rings (SSSR count).